The van der Waals surface area contributed by atoms with Gasteiger partial charge in [-0.25, -0.2) is 4.79 Å². The topological polar surface area (TPSA) is 66.0 Å². The van der Waals surface area contributed by atoms with Crippen molar-refractivity contribution < 1.29 is 9.90 Å². The molecule has 2 aromatic heterocycles. The number of benzene rings is 1. The van der Waals surface area contributed by atoms with Crippen molar-refractivity contribution in [2.24, 2.45) is 0 Å². The highest BCUT2D eigenvalue weighted by molar-refractivity contribution is 9.10. The number of pyridine rings is 1. The summed E-state index contributed by atoms with van der Waals surface area (Å²) in [6.07, 6.45) is 1.50. The molecule has 3 aromatic rings. The smallest absolute Gasteiger partial charge is 0.335 e. The van der Waals surface area contributed by atoms with Crippen LogP contribution in [0.4, 0.5) is 0 Å². The van der Waals surface area contributed by atoms with Crippen LogP contribution in [0.25, 0.3) is 22.3 Å². The minimum atomic E-state index is -0.957. The number of nitrogens with one attached hydrogen (secondary N) is 1. The van der Waals surface area contributed by atoms with E-state index in [1.165, 1.54) is 12.3 Å². The first-order valence-corrected chi connectivity index (χ1v) is 6.41. The number of halogens is 1. The third-order valence-electron chi connectivity index (χ3n) is 2.89. The quantitative estimate of drug-likeness (QED) is 0.757. The summed E-state index contributed by atoms with van der Waals surface area (Å²) in [7, 11) is 0. The second kappa shape index (κ2) is 4.51. The largest absolute Gasteiger partial charge is 0.478 e. The van der Waals surface area contributed by atoms with Crippen molar-refractivity contribution in [3.8, 4) is 11.4 Å². The lowest BCUT2D eigenvalue weighted by atomic mass is 10.2. The molecule has 5 heteroatoms. The number of carboxylic acid groups (broad SMARTS) is 1. The van der Waals surface area contributed by atoms with Gasteiger partial charge in [0.25, 0.3) is 0 Å². The number of hydrogen-bond donors (Lipinski definition) is 2. The maximum atomic E-state index is 11.0. The summed E-state index contributed by atoms with van der Waals surface area (Å²) in [5.41, 5.74) is 2.61. The second-order valence-electron chi connectivity index (χ2n) is 4.12. The van der Waals surface area contributed by atoms with E-state index in [-0.39, 0.29) is 5.56 Å². The molecule has 94 valence electrons. The molecule has 1 aromatic carbocycles. The molecule has 0 bridgehead atoms. The number of fused-ring (bicyclic) bond motifs is 1. The van der Waals surface area contributed by atoms with Crippen LogP contribution in [-0.4, -0.2) is 21.0 Å². The summed E-state index contributed by atoms with van der Waals surface area (Å²) < 4.78 is 0.988. The fourth-order valence-corrected chi connectivity index (χ4v) is 2.45. The Bertz CT molecular complexity index is 780. The molecule has 0 radical (unpaired) electrons. The van der Waals surface area contributed by atoms with Crippen molar-refractivity contribution in [3.63, 3.8) is 0 Å². The molecule has 0 aliphatic rings. The van der Waals surface area contributed by atoms with Crippen LogP contribution in [0.1, 0.15) is 10.4 Å². The van der Waals surface area contributed by atoms with Gasteiger partial charge < -0.3 is 10.1 Å². The minimum absolute atomic E-state index is 0.225. The molecule has 3 rings (SSSR count). The van der Waals surface area contributed by atoms with Gasteiger partial charge >= 0.3 is 5.97 Å². The Hall–Kier alpha value is -2.14. The van der Waals surface area contributed by atoms with Crippen LogP contribution in [0, 0.1) is 0 Å². The van der Waals surface area contributed by atoms with Crippen LogP contribution in [0.2, 0.25) is 0 Å². The van der Waals surface area contributed by atoms with Crippen LogP contribution >= 0.6 is 15.9 Å². The highest BCUT2D eigenvalue weighted by Crippen LogP contribution is 2.28. The molecule has 0 saturated carbocycles. The van der Waals surface area contributed by atoms with Gasteiger partial charge in [-0.3, -0.25) is 4.98 Å². The summed E-state index contributed by atoms with van der Waals surface area (Å²) in [5, 5.41) is 10.0. The van der Waals surface area contributed by atoms with Crippen molar-refractivity contribution in [1.82, 2.24) is 9.97 Å². The molecule has 0 unspecified atom stereocenters. The molecule has 0 aliphatic carbocycles. The lowest BCUT2D eigenvalue weighted by Crippen LogP contribution is -1.97. The lowest BCUT2D eigenvalue weighted by molar-refractivity contribution is 0.0697. The highest BCUT2D eigenvalue weighted by Gasteiger charge is 2.09. The zero-order chi connectivity index (χ0) is 13.4. The first kappa shape index (κ1) is 11.9. The monoisotopic (exact) mass is 316 g/mol. The van der Waals surface area contributed by atoms with Gasteiger partial charge in [0.1, 0.15) is 0 Å². The normalized spacial score (nSPS) is 10.8. The fraction of sp³-hybridized carbons (Fsp3) is 0. The molecule has 4 nitrogen and oxygen atoms in total. The molecular formula is C14H9BrN2O2. The third-order valence-corrected chi connectivity index (χ3v) is 3.59. The van der Waals surface area contributed by atoms with Crippen molar-refractivity contribution in [2.75, 3.05) is 0 Å². The number of carboxylic acids is 1. The maximum Gasteiger partial charge on any atom is 0.335 e. The number of H-pyrrole nitrogens is 1. The third kappa shape index (κ3) is 2.13. The van der Waals surface area contributed by atoms with Gasteiger partial charge in [0.2, 0.25) is 0 Å². The molecule has 0 spiro atoms. The van der Waals surface area contributed by atoms with Crippen LogP contribution in [0.3, 0.4) is 0 Å². The Morgan fingerprint density at radius 3 is 2.84 bits per heavy atom. The Morgan fingerprint density at radius 2 is 2.11 bits per heavy atom. The van der Waals surface area contributed by atoms with E-state index in [1.54, 1.807) is 6.07 Å². The number of aromatic carboxylic acids is 1. The van der Waals surface area contributed by atoms with Gasteiger partial charge in [-0.15, -0.1) is 0 Å². The van der Waals surface area contributed by atoms with E-state index in [0.717, 1.165) is 21.1 Å². The molecule has 2 N–H and O–H groups in total. The first-order chi connectivity index (χ1) is 9.15. The van der Waals surface area contributed by atoms with Gasteiger partial charge in [-0.1, -0.05) is 22.0 Å². The van der Waals surface area contributed by atoms with E-state index in [2.05, 4.69) is 25.9 Å². The van der Waals surface area contributed by atoms with E-state index < -0.39 is 5.97 Å². The summed E-state index contributed by atoms with van der Waals surface area (Å²) in [6, 6.07) is 10.8. The zero-order valence-corrected chi connectivity index (χ0v) is 11.3. The Labute approximate surface area is 117 Å². The first-order valence-electron chi connectivity index (χ1n) is 5.62. The van der Waals surface area contributed by atoms with Gasteiger partial charge in [0.15, 0.2) is 0 Å². The molecule has 0 amide bonds. The number of rotatable bonds is 2. The number of aromatic nitrogens is 2. The van der Waals surface area contributed by atoms with E-state index in [4.69, 9.17) is 5.11 Å². The molecular weight excluding hydrogens is 308 g/mol. The van der Waals surface area contributed by atoms with Crippen molar-refractivity contribution in [3.05, 3.63) is 52.6 Å². The molecule has 0 aliphatic heterocycles. The summed E-state index contributed by atoms with van der Waals surface area (Å²) in [6.45, 7) is 0. The van der Waals surface area contributed by atoms with E-state index in [0.29, 0.717) is 5.69 Å². The summed E-state index contributed by atoms with van der Waals surface area (Å²) in [5.74, 6) is -0.957. The van der Waals surface area contributed by atoms with Crippen molar-refractivity contribution in [2.45, 2.75) is 0 Å². The van der Waals surface area contributed by atoms with Gasteiger partial charge in [0, 0.05) is 21.6 Å². The number of hydrogen-bond acceptors (Lipinski definition) is 2. The summed E-state index contributed by atoms with van der Waals surface area (Å²) >= 11 is 3.49. The SMILES string of the molecule is O=C(O)c1ccnc(-c2cc3c(Br)cccc3[nH]2)c1. The van der Waals surface area contributed by atoms with Crippen LogP contribution in [0.15, 0.2) is 47.1 Å². The Kier molecular flexibility index (Phi) is 2.83. The van der Waals surface area contributed by atoms with Crippen LogP contribution in [0.5, 0.6) is 0 Å². The van der Waals surface area contributed by atoms with Gasteiger partial charge in [0.05, 0.1) is 17.0 Å². The molecule has 2 heterocycles. The standard InChI is InChI=1S/C14H9BrN2O2/c15-10-2-1-3-11-9(10)7-13(17-11)12-6-8(14(18)19)4-5-16-12/h1-7,17H,(H,18,19). The van der Waals surface area contributed by atoms with Gasteiger partial charge in [-0.2, -0.15) is 0 Å². The van der Waals surface area contributed by atoms with E-state index >= 15 is 0 Å². The Morgan fingerprint density at radius 1 is 1.26 bits per heavy atom. The van der Waals surface area contributed by atoms with E-state index in [1.807, 2.05) is 24.3 Å². The maximum absolute atomic E-state index is 11.0. The number of aromatic amines is 1. The zero-order valence-electron chi connectivity index (χ0n) is 9.72. The molecule has 0 atom stereocenters. The Balaban J connectivity index is 2.16. The van der Waals surface area contributed by atoms with Crippen molar-refractivity contribution in [1.29, 1.82) is 0 Å². The number of carbonyl (C=O) groups is 1. The number of nitrogens with zero attached hydrogens (tertiary/aromatic N) is 1. The second-order valence-corrected chi connectivity index (χ2v) is 4.97. The van der Waals surface area contributed by atoms with Gasteiger partial charge in [-0.05, 0) is 30.3 Å². The molecule has 0 saturated heterocycles. The predicted octanol–water partition coefficient (Wildman–Crippen LogP) is 3.69. The average molecular weight is 317 g/mol. The van der Waals surface area contributed by atoms with Crippen molar-refractivity contribution >= 4 is 32.8 Å². The fourth-order valence-electron chi connectivity index (χ4n) is 1.97. The highest BCUT2D eigenvalue weighted by atomic mass is 79.9. The lowest BCUT2D eigenvalue weighted by Gasteiger charge is -1.98. The predicted molar refractivity (Wildman–Crippen MR) is 76.2 cm³/mol. The molecule has 19 heavy (non-hydrogen) atoms. The minimum Gasteiger partial charge on any atom is -0.478 e. The van der Waals surface area contributed by atoms with Crippen LogP contribution in [-0.2, 0) is 0 Å². The average Bonchev–Trinajstić information content (AvgIpc) is 2.84. The molecule has 0 fully saturated rings. The van der Waals surface area contributed by atoms with E-state index in [9.17, 15) is 4.79 Å². The van der Waals surface area contributed by atoms with Crippen LogP contribution < -0.4 is 0 Å². The summed E-state index contributed by atoms with van der Waals surface area (Å²) in [4.78, 5) is 18.4.